The maximum absolute atomic E-state index is 12.3. The number of hydrogen-bond acceptors (Lipinski definition) is 4. The summed E-state index contributed by atoms with van der Waals surface area (Å²) >= 11 is 0. The third kappa shape index (κ3) is 10.9. The van der Waals surface area contributed by atoms with E-state index in [0.717, 1.165) is 36.7 Å². The Morgan fingerprint density at radius 3 is 1.59 bits per heavy atom. The third-order valence-corrected chi connectivity index (χ3v) is 6.12. The van der Waals surface area contributed by atoms with E-state index < -0.39 is 5.97 Å². The minimum Gasteiger partial charge on any atom is -0.481 e. The first kappa shape index (κ1) is 26.0. The molecule has 1 heterocycles. The number of rotatable bonds is 19. The highest BCUT2D eigenvalue weighted by Crippen LogP contribution is 2.15. The molecular weight excluding hydrogens is 402 g/mol. The van der Waals surface area contributed by atoms with Crippen LogP contribution >= 0.6 is 0 Å². The van der Waals surface area contributed by atoms with Gasteiger partial charge in [0.1, 0.15) is 5.52 Å². The first-order chi connectivity index (χ1) is 15.7. The summed E-state index contributed by atoms with van der Waals surface area (Å²) in [6.45, 7) is 0. The van der Waals surface area contributed by atoms with Crippen molar-refractivity contribution in [1.82, 2.24) is 15.0 Å². The number of carboxylic acids is 1. The number of benzene rings is 1. The van der Waals surface area contributed by atoms with Crippen molar-refractivity contribution >= 4 is 22.9 Å². The lowest BCUT2D eigenvalue weighted by Gasteiger charge is -2.04. The maximum Gasteiger partial charge on any atom is 0.303 e. The smallest absolute Gasteiger partial charge is 0.303 e. The molecule has 0 bridgehead atoms. The zero-order valence-corrected chi connectivity index (χ0v) is 19.6. The minimum absolute atomic E-state index is 0.0388. The van der Waals surface area contributed by atoms with Crippen molar-refractivity contribution in [1.29, 1.82) is 0 Å². The standard InChI is InChI=1S/C26H41N3O3/c30-25(29-24-20-18-17-19-23(24)27-28-29)21-15-13-11-9-7-5-3-1-2-4-6-8-10-12-14-16-22-26(31)32/h17-20H,1-16,21-22H2,(H,31,32). The Morgan fingerprint density at radius 1 is 0.656 bits per heavy atom. The van der Waals surface area contributed by atoms with Crippen molar-refractivity contribution in [2.24, 2.45) is 0 Å². The van der Waals surface area contributed by atoms with Crippen LogP contribution in [0.4, 0.5) is 0 Å². The third-order valence-electron chi connectivity index (χ3n) is 6.12. The first-order valence-corrected chi connectivity index (χ1v) is 12.7. The monoisotopic (exact) mass is 443 g/mol. The SMILES string of the molecule is O=C(O)CCCCCCCCCCCCCCCCCCC(=O)n1nnc2ccccc21. The van der Waals surface area contributed by atoms with Crippen LogP contribution in [0, 0.1) is 0 Å². The second kappa shape index (κ2) is 16.4. The Hall–Kier alpha value is -2.24. The number of carboxylic acid groups (broad SMARTS) is 1. The van der Waals surface area contributed by atoms with E-state index in [1.807, 2.05) is 24.3 Å². The van der Waals surface area contributed by atoms with Crippen LogP contribution in [0.15, 0.2) is 24.3 Å². The van der Waals surface area contributed by atoms with E-state index in [4.69, 9.17) is 5.11 Å². The van der Waals surface area contributed by atoms with Gasteiger partial charge in [0.05, 0.1) is 5.52 Å². The maximum atomic E-state index is 12.3. The summed E-state index contributed by atoms with van der Waals surface area (Å²) in [4.78, 5) is 22.8. The summed E-state index contributed by atoms with van der Waals surface area (Å²) in [5, 5.41) is 16.6. The second-order valence-electron chi connectivity index (χ2n) is 8.93. The van der Waals surface area contributed by atoms with Crippen LogP contribution in [0.2, 0.25) is 0 Å². The van der Waals surface area contributed by atoms with E-state index in [-0.39, 0.29) is 5.91 Å². The molecule has 178 valence electrons. The number of aromatic nitrogens is 3. The summed E-state index contributed by atoms with van der Waals surface area (Å²) in [5.74, 6) is -0.633. The van der Waals surface area contributed by atoms with Crippen LogP contribution in [0.5, 0.6) is 0 Å². The topological polar surface area (TPSA) is 85.1 Å². The van der Waals surface area contributed by atoms with Crippen molar-refractivity contribution in [2.75, 3.05) is 0 Å². The Labute approximate surface area is 192 Å². The fourth-order valence-electron chi connectivity index (χ4n) is 4.19. The van der Waals surface area contributed by atoms with Crippen LogP contribution in [-0.2, 0) is 4.79 Å². The van der Waals surface area contributed by atoms with Crippen molar-refractivity contribution < 1.29 is 14.7 Å². The van der Waals surface area contributed by atoms with Gasteiger partial charge in [-0.25, -0.2) is 0 Å². The predicted octanol–water partition coefficient (Wildman–Crippen LogP) is 7.18. The average Bonchev–Trinajstić information content (AvgIpc) is 3.22. The highest BCUT2D eigenvalue weighted by Gasteiger charge is 2.10. The van der Waals surface area contributed by atoms with Gasteiger partial charge in [-0.05, 0) is 25.0 Å². The van der Waals surface area contributed by atoms with E-state index >= 15 is 0 Å². The lowest BCUT2D eigenvalue weighted by atomic mass is 10.0. The highest BCUT2D eigenvalue weighted by atomic mass is 16.4. The minimum atomic E-state index is -0.672. The van der Waals surface area contributed by atoms with Crippen molar-refractivity contribution in [3.8, 4) is 0 Å². The summed E-state index contributed by atoms with van der Waals surface area (Å²) in [5.41, 5.74) is 1.57. The molecule has 0 aliphatic rings. The molecule has 0 atom stereocenters. The van der Waals surface area contributed by atoms with Crippen molar-refractivity contribution in [3.05, 3.63) is 24.3 Å². The molecule has 0 aliphatic heterocycles. The second-order valence-corrected chi connectivity index (χ2v) is 8.93. The van der Waals surface area contributed by atoms with Crippen LogP contribution in [-0.4, -0.2) is 32.0 Å². The summed E-state index contributed by atoms with van der Waals surface area (Å²) in [7, 11) is 0. The Kier molecular flexibility index (Phi) is 13.3. The number of unbranched alkanes of at least 4 members (excludes halogenated alkanes) is 15. The van der Waals surface area contributed by atoms with Gasteiger partial charge in [0.25, 0.3) is 0 Å². The number of carbonyl (C=O) groups excluding carboxylic acids is 1. The Bertz CT molecular complexity index is 787. The van der Waals surface area contributed by atoms with E-state index in [1.54, 1.807) is 0 Å². The largest absolute Gasteiger partial charge is 0.481 e. The van der Waals surface area contributed by atoms with Crippen LogP contribution < -0.4 is 0 Å². The van der Waals surface area contributed by atoms with Gasteiger partial charge in [-0.2, -0.15) is 4.68 Å². The molecule has 0 fully saturated rings. The van der Waals surface area contributed by atoms with E-state index in [2.05, 4.69) is 10.3 Å². The lowest BCUT2D eigenvalue weighted by molar-refractivity contribution is -0.137. The molecular formula is C26H41N3O3. The lowest BCUT2D eigenvalue weighted by Crippen LogP contribution is -2.12. The van der Waals surface area contributed by atoms with Gasteiger partial charge >= 0.3 is 5.97 Å². The van der Waals surface area contributed by atoms with Crippen LogP contribution in [0.25, 0.3) is 11.0 Å². The van der Waals surface area contributed by atoms with E-state index in [9.17, 15) is 9.59 Å². The Balaban J connectivity index is 1.32. The van der Waals surface area contributed by atoms with Gasteiger partial charge in [-0.1, -0.05) is 107 Å². The average molecular weight is 444 g/mol. The zero-order valence-electron chi connectivity index (χ0n) is 19.6. The molecule has 6 heteroatoms. The van der Waals surface area contributed by atoms with E-state index in [1.165, 1.54) is 81.7 Å². The number of fused-ring (bicyclic) bond motifs is 1. The zero-order chi connectivity index (χ0) is 22.9. The molecule has 0 aliphatic carbocycles. The Morgan fingerprint density at radius 2 is 1.09 bits per heavy atom. The van der Waals surface area contributed by atoms with Gasteiger partial charge in [-0.3, -0.25) is 9.59 Å². The molecule has 0 saturated carbocycles. The molecule has 2 aromatic rings. The molecule has 1 aromatic heterocycles. The summed E-state index contributed by atoms with van der Waals surface area (Å²) in [6.07, 6.45) is 20.3. The number of hydrogen-bond donors (Lipinski definition) is 1. The van der Waals surface area contributed by atoms with Gasteiger partial charge in [0.15, 0.2) is 0 Å². The fraction of sp³-hybridized carbons (Fsp3) is 0.692. The summed E-state index contributed by atoms with van der Waals surface area (Å²) < 4.78 is 1.44. The van der Waals surface area contributed by atoms with Crippen molar-refractivity contribution in [3.63, 3.8) is 0 Å². The van der Waals surface area contributed by atoms with Crippen molar-refractivity contribution in [2.45, 2.75) is 116 Å². The molecule has 0 saturated heterocycles. The number of aliphatic carboxylic acids is 1. The molecule has 32 heavy (non-hydrogen) atoms. The predicted molar refractivity (Wildman–Crippen MR) is 129 cm³/mol. The molecule has 0 radical (unpaired) electrons. The molecule has 0 spiro atoms. The van der Waals surface area contributed by atoms with Crippen LogP contribution in [0.3, 0.4) is 0 Å². The molecule has 1 N–H and O–H groups in total. The molecule has 6 nitrogen and oxygen atoms in total. The number of nitrogens with zero attached hydrogens (tertiary/aromatic N) is 3. The number of para-hydroxylation sites is 1. The van der Waals surface area contributed by atoms with Crippen LogP contribution in [0.1, 0.15) is 120 Å². The van der Waals surface area contributed by atoms with Gasteiger partial charge in [-0.15, -0.1) is 5.10 Å². The molecule has 1 aromatic carbocycles. The molecule has 2 rings (SSSR count). The molecule has 0 amide bonds. The first-order valence-electron chi connectivity index (χ1n) is 12.7. The van der Waals surface area contributed by atoms with E-state index in [0.29, 0.717) is 12.8 Å². The molecule has 0 unspecified atom stereocenters. The summed E-state index contributed by atoms with van der Waals surface area (Å²) in [6, 6.07) is 7.58. The normalized spacial score (nSPS) is 11.2. The quantitative estimate of drug-likeness (QED) is 0.232. The van der Waals surface area contributed by atoms with Gasteiger partial charge < -0.3 is 5.11 Å². The fourth-order valence-corrected chi connectivity index (χ4v) is 4.19. The van der Waals surface area contributed by atoms with Gasteiger partial charge in [0, 0.05) is 12.8 Å². The van der Waals surface area contributed by atoms with Gasteiger partial charge in [0.2, 0.25) is 5.91 Å². The highest BCUT2D eigenvalue weighted by molar-refractivity contribution is 5.88. The number of carbonyl (C=O) groups is 2.